The Morgan fingerprint density at radius 1 is 0.653 bits per heavy atom. The normalized spacial score (nSPS) is 13.4. The van der Waals surface area contributed by atoms with Crippen LogP contribution in [0.15, 0.2) is 109 Å². The van der Waals surface area contributed by atoms with Gasteiger partial charge in [-0.1, -0.05) is 36.4 Å². The minimum Gasteiger partial charge on any atom is -0.497 e. The molecule has 7 rings (SSSR count). The molecule has 1 aliphatic heterocycles. The molecule has 2 aromatic heterocycles. The lowest BCUT2D eigenvalue weighted by Gasteiger charge is -2.35. The summed E-state index contributed by atoms with van der Waals surface area (Å²) in [4.78, 5) is 41.3. The van der Waals surface area contributed by atoms with Crippen LogP contribution in [0.25, 0.3) is 44.3 Å². The Bertz CT molecular complexity index is 2120. The van der Waals surface area contributed by atoms with Gasteiger partial charge in [-0.05, 0) is 72.8 Å². The maximum absolute atomic E-state index is 13.9. The van der Waals surface area contributed by atoms with E-state index in [0.29, 0.717) is 37.3 Å². The molecule has 0 spiro atoms. The highest BCUT2D eigenvalue weighted by atomic mass is 16.5. The van der Waals surface area contributed by atoms with Gasteiger partial charge in [0.25, 0.3) is 11.8 Å². The molecule has 1 saturated heterocycles. The van der Waals surface area contributed by atoms with Crippen LogP contribution in [-0.4, -0.2) is 85.1 Å². The van der Waals surface area contributed by atoms with Crippen molar-refractivity contribution in [1.82, 2.24) is 25.1 Å². The predicted octanol–water partition coefficient (Wildman–Crippen LogP) is 6.32. The number of ether oxygens (including phenoxy) is 2. The molecule has 0 atom stereocenters. The number of carbonyl (C=O) groups is 2. The fraction of sp³-hybridized carbons (Fsp3) is 0.200. The second kappa shape index (κ2) is 14.1. The van der Waals surface area contributed by atoms with Crippen molar-refractivity contribution in [2.75, 3.05) is 53.5 Å². The first kappa shape index (κ1) is 31.8. The van der Waals surface area contributed by atoms with Crippen molar-refractivity contribution in [3.05, 3.63) is 120 Å². The van der Waals surface area contributed by atoms with Crippen molar-refractivity contribution < 1.29 is 19.1 Å². The van der Waals surface area contributed by atoms with Crippen molar-refractivity contribution in [1.29, 1.82) is 0 Å². The van der Waals surface area contributed by atoms with E-state index in [1.807, 2.05) is 114 Å². The number of piperazine rings is 1. The fourth-order valence-electron chi connectivity index (χ4n) is 6.30. The average Bonchev–Trinajstić information content (AvgIpc) is 3.17. The number of pyridine rings is 2. The summed E-state index contributed by atoms with van der Waals surface area (Å²) in [5, 5.41) is 4.77. The lowest BCUT2D eigenvalue weighted by atomic mass is 10.0. The molecule has 9 heteroatoms. The minimum absolute atomic E-state index is 0.00135. The first-order valence-electron chi connectivity index (χ1n) is 16.4. The first-order chi connectivity index (χ1) is 24.0. The maximum atomic E-state index is 13.9. The van der Waals surface area contributed by atoms with Crippen LogP contribution in [0.1, 0.15) is 20.7 Å². The highest BCUT2D eigenvalue weighted by Crippen LogP contribution is 2.29. The number of amides is 2. The van der Waals surface area contributed by atoms with Crippen molar-refractivity contribution in [3.8, 4) is 34.0 Å². The van der Waals surface area contributed by atoms with Gasteiger partial charge in [-0.3, -0.25) is 14.5 Å². The number of carbonyl (C=O) groups excluding carboxylic acids is 2. The second-order valence-corrected chi connectivity index (χ2v) is 12.0. The maximum Gasteiger partial charge on any atom is 0.254 e. The summed E-state index contributed by atoms with van der Waals surface area (Å²) < 4.78 is 10.6. The third-order valence-electron chi connectivity index (χ3n) is 9.05. The number of methoxy groups -OCH3 is 2. The monoisotopic (exact) mass is 651 g/mol. The van der Waals surface area contributed by atoms with E-state index in [2.05, 4.69) is 10.2 Å². The Morgan fingerprint density at radius 2 is 1.14 bits per heavy atom. The minimum atomic E-state index is -0.139. The smallest absolute Gasteiger partial charge is 0.254 e. The lowest BCUT2D eigenvalue weighted by molar-refractivity contribution is 0.0640. The van der Waals surface area contributed by atoms with Gasteiger partial charge in [0, 0.05) is 61.2 Å². The molecule has 0 saturated carbocycles. The van der Waals surface area contributed by atoms with Crippen LogP contribution in [0.3, 0.4) is 0 Å². The quantitative estimate of drug-likeness (QED) is 0.195. The molecule has 246 valence electrons. The molecule has 4 aromatic carbocycles. The third kappa shape index (κ3) is 6.79. The zero-order valence-corrected chi connectivity index (χ0v) is 27.6. The molecule has 0 radical (unpaired) electrons. The van der Waals surface area contributed by atoms with E-state index in [9.17, 15) is 9.59 Å². The number of rotatable bonds is 9. The number of benzene rings is 4. The van der Waals surface area contributed by atoms with Crippen LogP contribution < -0.4 is 14.8 Å². The summed E-state index contributed by atoms with van der Waals surface area (Å²) >= 11 is 0. The predicted molar refractivity (Wildman–Crippen MR) is 192 cm³/mol. The van der Waals surface area contributed by atoms with Gasteiger partial charge >= 0.3 is 0 Å². The van der Waals surface area contributed by atoms with Gasteiger partial charge in [-0.15, -0.1) is 0 Å². The summed E-state index contributed by atoms with van der Waals surface area (Å²) in [5.41, 5.74) is 6.09. The number of para-hydroxylation sites is 2. The van der Waals surface area contributed by atoms with Crippen LogP contribution in [0.4, 0.5) is 0 Å². The molecular weight excluding hydrogens is 614 g/mol. The molecule has 2 amide bonds. The van der Waals surface area contributed by atoms with E-state index in [0.717, 1.165) is 68.9 Å². The Kier molecular flexibility index (Phi) is 9.16. The molecule has 0 aliphatic carbocycles. The largest absolute Gasteiger partial charge is 0.497 e. The third-order valence-corrected chi connectivity index (χ3v) is 9.05. The SMILES string of the molecule is COc1ccc(-c2cc(C(=O)NCCN3CCN(C(=O)c4cc(-c5ccc(OC)cc5)nc5ccccc45)CC3)c3ccccc3n2)cc1. The van der Waals surface area contributed by atoms with Crippen molar-refractivity contribution in [2.24, 2.45) is 0 Å². The van der Waals surface area contributed by atoms with E-state index in [-0.39, 0.29) is 11.8 Å². The molecular formula is C40H37N5O4. The number of nitrogens with zero attached hydrogens (tertiary/aromatic N) is 4. The van der Waals surface area contributed by atoms with Crippen molar-refractivity contribution in [2.45, 2.75) is 0 Å². The van der Waals surface area contributed by atoms with Crippen LogP contribution in [0.2, 0.25) is 0 Å². The highest BCUT2D eigenvalue weighted by Gasteiger charge is 2.24. The van der Waals surface area contributed by atoms with Crippen LogP contribution in [0.5, 0.6) is 11.5 Å². The summed E-state index contributed by atoms with van der Waals surface area (Å²) in [7, 11) is 3.27. The summed E-state index contributed by atoms with van der Waals surface area (Å²) in [5.74, 6) is 1.39. The number of aromatic nitrogens is 2. The van der Waals surface area contributed by atoms with Gasteiger partial charge in [-0.25, -0.2) is 9.97 Å². The second-order valence-electron chi connectivity index (χ2n) is 12.0. The molecule has 0 bridgehead atoms. The van der Waals surface area contributed by atoms with Crippen molar-refractivity contribution in [3.63, 3.8) is 0 Å². The summed E-state index contributed by atoms with van der Waals surface area (Å²) in [6.45, 7) is 3.80. The Hall–Kier alpha value is -5.80. The Morgan fingerprint density at radius 3 is 1.67 bits per heavy atom. The van der Waals surface area contributed by atoms with E-state index in [4.69, 9.17) is 19.4 Å². The molecule has 6 aromatic rings. The fourth-order valence-corrected chi connectivity index (χ4v) is 6.30. The zero-order valence-electron chi connectivity index (χ0n) is 27.6. The van der Waals surface area contributed by atoms with E-state index < -0.39 is 0 Å². The van der Waals surface area contributed by atoms with Crippen LogP contribution >= 0.6 is 0 Å². The van der Waals surface area contributed by atoms with Gasteiger partial charge in [-0.2, -0.15) is 0 Å². The van der Waals surface area contributed by atoms with Crippen LogP contribution in [0, 0.1) is 0 Å². The molecule has 0 unspecified atom stereocenters. The van der Waals surface area contributed by atoms with Gasteiger partial charge in [0.2, 0.25) is 0 Å². The Labute approximate surface area is 285 Å². The molecule has 1 fully saturated rings. The lowest BCUT2D eigenvalue weighted by Crippen LogP contribution is -2.50. The molecule has 9 nitrogen and oxygen atoms in total. The van der Waals surface area contributed by atoms with Crippen LogP contribution in [-0.2, 0) is 0 Å². The highest BCUT2D eigenvalue weighted by molar-refractivity contribution is 6.08. The Balaban J connectivity index is 0.998. The standard InChI is InChI=1S/C40H37N5O4/c1-48-29-15-11-27(12-16-29)37-25-33(31-7-3-5-9-35(31)42-37)39(46)41-19-20-44-21-23-45(24-22-44)40(47)34-26-38(28-13-17-30(49-2)18-14-28)43-36-10-6-4-8-32(34)36/h3-18,25-26H,19-24H2,1-2H3,(H,41,46). The summed E-state index contributed by atoms with van der Waals surface area (Å²) in [6, 6.07) is 34.6. The van der Waals surface area contributed by atoms with E-state index in [1.54, 1.807) is 14.2 Å². The van der Waals surface area contributed by atoms with E-state index in [1.165, 1.54) is 0 Å². The van der Waals surface area contributed by atoms with Crippen molar-refractivity contribution >= 4 is 33.6 Å². The van der Waals surface area contributed by atoms with E-state index >= 15 is 0 Å². The topological polar surface area (TPSA) is 96.9 Å². The molecule has 3 heterocycles. The molecule has 1 aliphatic rings. The average molecular weight is 652 g/mol. The van der Waals surface area contributed by atoms with Gasteiger partial charge < -0.3 is 19.7 Å². The van der Waals surface area contributed by atoms with Gasteiger partial charge in [0.05, 0.1) is 47.8 Å². The number of nitrogens with one attached hydrogen (secondary N) is 1. The summed E-state index contributed by atoms with van der Waals surface area (Å²) in [6.07, 6.45) is 0. The van der Waals surface area contributed by atoms with Gasteiger partial charge in [0.15, 0.2) is 0 Å². The molecule has 1 N–H and O–H groups in total. The first-order valence-corrected chi connectivity index (χ1v) is 16.4. The van der Waals surface area contributed by atoms with Gasteiger partial charge in [0.1, 0.15) is 11.5 Å². The zero-order chi connectivity index (χ0) is 33.7. The number of hydrogen-bond donors (Lipinski definition) is 1. The number of hydrogen-bond acceptors (Lipinski definition) is 7. The number of fused-ring (bicyclic) bond motifs is 2. The molecule has 49 heavy (non-hydrogen) atoms.